The summed E-state index contributed by atoms with van der Waals surface area (Å²) in [6.45, 7) is 7.84. The number of rotatable bonds is 6. The first-order valence-corrected chi connectivity index (χ1v) is 10.1. The van der Waals surface area contributed by atoms with E-state index in [1.807, 2.05) is 13.8 Å². The van der Waals surface area contributed by atoms with Gasteiger partial charge >= 0.3 is 5.97 Å². The number of amides is 1. The van der Waals surface area contributed by atoms with Gasteiger partial charge in [-0.15, -0.1) is 28.8 Å². The summed E-state index contributed by atoms with van der Waals surface area (Å²) < 4.78 is 6.94. The number of anilines is 1. The van der Waals surface area contributed by atoms with Crippen LogP contribution in [-0.2, 0) is 11.2 Å². The molecule has 0 unspecified atom stereocenters. The van der Waals surface area contributed by atoms with Gasteiger partial charge in [-0.2, -0.15) is 0 Å². The molecule has 1 aliphatic rings. The van der Waals surface area contributed by atoms with Gasteiger partial charge in [0.15, 0.2) is 5.69 Å². The molecule has 0 aromatic carbocycles. The monoisotopic (exact) mass is 427 g/mol. The van der Waals surface area contributed by atoms with E-state index in [1.54, 1.807) is 17.8 Å². The number of esters is 1. The number of thiophene rings is 1. The third-order valence-corrected chi connectivity index (χ3v) is 5.76. The third-order valence-electron chi connectivity index (χ3n) is 4.69. The molecule has 3 rings (SSSR count). The molecular weight excluding hydrogens is 402 g/mol. The van der Waals surface area contributed by atoms with Crippen molar-refractivity contribution in [2.45, 2.75) is 46.1 Å². The molecule has 0 aliphatic carbocycles. The zero-order valence-corrected chi connectivity index (χ0v) is 17.9. The highest BCUT2D eigenvalue weighted by Crippen LogP contribution is 2.34. The fraction of sp³-hybridized carbons (Fsp3) is 0.556. The number of nitrogens with one attached hydrogen (secondary N) is 2. The number of carbonyl (C=O) groups excluding carboxylic acids is 2. The second kappa shape index (κ2) is 9.99. The van der Waals surface area contributed by atoms with Gasteiger partial charge in [0.25, 0.3) is 5.91 Å². The molecule has 1 fully saturated rings. The van der Waals surface area contributed by atoms with Crippen molar-refractivity contribution >= 4 is 40.6 Å². The van der Waals surface area contributed by atoms with Crippen molar-refractivity contribution in [1.29, 1.82) is 0 Å². The van der Waals surface area contributed by atoms with Crippen LogP contribution in [0.3, 0.4) is 0 Å². The van der Waals surface area contributed by atoms with E-state index in [0.29, 0.717) is 17.0 Å². The zero-order valence-electron chi connectivity index (χ0n) is 16.3. The lowest BCUT2D eigenvalue weighted by atomic mass is 10.1. The van der Waals surface area contributed by atoms with E-state index in [9.17, 15) is 9.59 Å². The van der Waals surface area contributed by atoms with Gasteiger partial charge in [0.1, 0.15) is 5.00 Å². The Morgan fingerprint density at radius 1 is 1.36 bits per heavy atom. The van der Waals surface area contributed by atoms with Crippen LogP contribution in [0.2, 0.25) is 0 Å². The molecule has 2 aromatic heterocycles. The Hall–Kier alpha value is -1.97. The summed E-state index contributed by atoms with van der Waals surface area (Å²) in [6, 6.07) is 0.256. The second-order valence-electron chi connectivity index (χ2n) is 6.43. The van der Waals surface area contributed by atoms with Crippen molar-refractivity contribution in [3.63, 3.8) is 0 Å². The topological polar surface area (TPSA) is 98.1 Å². The minimum atomic E-state index is -0.410. The number of nitrogens with zero attached hydrogens (tertiary/aromatic N) is 3. The van der Waals surface area contributed by atoms with Crippen LogP contribution < -0.4 is 10.6 Å². The van der Waals surface area contributed by atoms with Gasteiger partial charge in [0.2, 0.25) is 0 Å². The van der Waals surface area contributed by atoms with Crippen molar-refractivity contribution in [2.75, 3.05) is 25.0 Å². The summed E-state index contributed by atoms with van der Waals surface area (Å²) >= 11 is 1.38. The van der Waals surface area contributed by atoms with Gasteiger partial charge < -0.3 is 15.4 Å². The normalized spacial score (nSPS) is 14.4. The molecule has 2 N–H and O–H groups in total. The van der Waals surface area contributed by atoms with E-state index in [1.165, 1.54) is 11.3 Å². The number of hydrogen-bond donors (Lipinski definition) is 2. The molecule has 0 radical (unpaired) electrons. The zero-order chi connectivity index (χ0) is 19.4. The van der Waals surface area contributed by atoms with Crippen molar-refractivity contribution < 1.29 is 14.3 Å². The first kappa shape index (κ1) is 22.3. The molecule has 10 heteroatoms. The number of halogens is 1. The highest BCUT2D eigenvalue weighted by molar-refractivity contribution is 7.16. The van der Waals surface area contributed by atoms with Crippen LogP contribution in [-0.4, -0.2) is 46.6 Å². The number of ether oxygens (including phenoxy) is 1. The number of piperidine rings is 1. The van der Waals surface area contributed by atoms with Crippen LogP contribution in [0.15, 0.2) is 6.20 Å². The smallest absolute Gasteiger partial charge is 0.341 e. The van der Waals surface area contributed by atoms with E-state index in [-0.39, 0.29) is 36.7 Å². The van der Waals surface area contributed by atoms with E-state index in [0.717, 1.165) is 36.4 Å². The van der Waals surface area contributed by atoms with Gasteiger partial charge in [0.05, 0.1) is 24.4 Å². The lowest BCUT2D eigenvalue weighted by Crippen LogP contribution is -2.29. The molecular formula is C18H26ClN5O3S. The van der Waals surface area contributed by atoms with Gasteiger partial charge in [-0.1, -0.05) is 12.1 Å². The highest BCUT2D eigenvalue weighted by atomic mass is 35.5. The summed E-state index contributed by atoms with van der Waals surface area (Å²) in [6.07, 6.45) is 4.29. The van der Waals surface area contributed by atoms with E-state index < -0.39 is 5.97 Å². The second-order valence-corrected chi connectivity index (χ2v) is 7.66. The Labute approximate surface area is 174 Å². The molecule has 0 saturated carbocycles. The van der Waals surface area contributed by atoms with Crippen molar-refractivity contribution in [2.24, 2.45) is 0 Å². The first-order chi connectivity index (χ1) is 13.0. The van der Waals surface area contributed by atoms with Gasteiger partial charge in [-0.05, 0) is 51.8 Å². The lowest BCUT2D eigenvalue weighted by molar-refractivity contribution is 0.0527. The molecule has 28 heavy (non-hydrogen) atoms. The molecule has 0 spiro atoms. The fourth-order valence-electron chi connectivity index (χ4n) is 3.31. The predicted molar refractivity (Wildman–Crippen MR) is 111 cm³/mol. The van der Waals surface area contributed by atoms with Crippen LogP contribution >= 0.6 is 23.7 Å². The summed E-state index contributed by atoms with van der Waals surface area (Å²) in [5.41, 5.74) is 1.60. The highest BCUT2D eigenvalue weighted by Gasteiger charge is 2.25. The Morgan fingerprint density at radius 2 is 2.07 bits per heavy atom. The summed E-state index contributed by atoms with van der Waals surface area (Å²) in [5, 5.41) is 14.8. The van der Waals surface area contributed by atoms with Crippen LogP contribution in [0.5, 0.6) is 0 Å². The molecule has 154 valence electrons. The van der Waals surface area contributed by atoms with Gasteiger partial charge in [0, 0.05) is 4.88 Å². The average molecular weight is 428 g/mol. The summed E-state index contributed by atoms with van der Waals surface area (Å²) in [4.78, 5) is 26.0. The maximum atomic E-state index is 12.7. The minimum absolute atomic E-state index is 0. The average Bonchev–Trinajstić information content (AvgIpc) is 3.27. The molecule has 2 aromatic rings. The largest absolute Gasteiger partial charge is 0.462 e. The SMILES string of the molecule is CCOC(=O)c1c(NC(=O)c2cn(C3CCNCC3)nn2)sc(C)c1CC.Cl. The standard InChI is InChI=1S/C18H25N5O3S.ClH/c1-4-13-11(3)27-17(15(13)18(25)26-5-2)20-16(24)14-10-23(22-21-14)12-6-8-19-9-7-12;/h10,12,19H,4-9H2,1-3H3,(H,20,24);1H. The molecule has 8 nitrogen and oxygen atoms in total. The van der Waals surface area contributed by atoms with Crippen LogP contribution in [0, 0.1) is 6.92 Å². The van der Waals surface area contributed by atoms with Crippen LogP contribution in [0.1, 0.15) is 64.0 Å². The number of aromatic nitrogens is 3. The van der Waals surface area contributed by atoms with Crippen molar-refractivity contribution in [1.82, 2.24) is 20.3 Å². The molecule has 1 saturated heterocycles. The van der Waals surface area contributed by atoms with Crippen LogP contribution in [0.4, 0.5) is 5.00 Å². The third kappa shape index (κ3) is 4.71. The predicted octanol–water partition coefficient (Wildman–Crippen LogP) is 2.99. The summed E-state index contributed by atoms with van der Waals surface area (Å²) in [7, 11) is 0. The molecule has 0 atom stereocenters. The lowest BCUT2D eigenvalue weighted by Gasteiger charge is -2.22. The summed E-state index contributed by atoms with van der Waals surface area (Å²) in [5.74, 6) is -0.781. The maximum absolute atomic E-state index is 12.7. The Balaban J connectivity index is 0.00000280. The van der Waals surface area contributed by atoms with E-state index in [4.69, 9.17) is 4.74 Å². The quantitative estimate of drug-likeness (QED) is 0.687. The molecule has 3 heterocycles. The Bertz CT molecular complexity index is 829. The van der Waals surface area contributed by atoms with Gasteiger partial charge in [-0.3, -0.25) is 4.79 Å². The Kier molecular flexibility index (Phi) is 7.97. The van der Waals surface area contributed by atoms with Crippen molar-refractivity contribution in [3.8, 4) is 0 Å². The number of aryl methyl sites for hydroxylation is 1. The number of carbonyl (C=O) groups is 2. The molecule has 1 aliphatic heterocycles. The minimum Gasteiger partial charge on any atom is -0.462 e. The fourth-order valence-corrected chi connectivity index (χ4v) is 4.44. The first-order valence-electron chi connectivity index (χ1n) is 9.28. The van der Waals surface area contributed by atoms with E-state index in [2.05, 4.69) is 20.9 Å². The van der Waals surface area contributed by atoms with Gasteiger partial charge in [-0.25, -0.2) is 9.48 Å². The van der Waals surface area contributed by atoms with Crippen LogP contribution in [0.25, 0.3) is 0 Å². The Morgan fingerprint density at radius 3 is 2.71 bits per heavy atom. The maximum Gasteiger partial charge on any atom is 0.341 e. The number of hydrogen-bond acceptors (Lipinski definition) is 7. The van der Waals surface area contributed by atoms with Crippen molar-refractivity contribution in [3.05, 3.63) is 27.9 Å². The van der Waals surface area contributed by atoms with E-state index >= 15 is 0 Å². The molecule has 0 bridgehead atoms. The molecule has 1 amide bonds.